The Hall–Kier alpha value is -3.93. The summed E-state index contributed by atoms with van der Waals surface area (Å²) in [6.45, 7) is 12.6. The Kier molecular flexibility index (Phi) is 10.1. The third kappa shape index (κ3) is 8.53. The largest absolute Gasteiger partial charge is 0.463 e. The van der Waals surface area contributed by atoms with Gasteiger partial charge in [-0.15, -0.1) is 5.10 Å². The highest BCUT2D eigenvalue weighted by atomic mass is 16.7. The van der Waals surface area contributed by atoms with E-state index in [1.165, 1.54) is 19.4 Å². The van der Waals surface area contributed by atoms with Crippen LogP contribution in [0, 0.1) is 6.92 Å². The summed E-state index contributed by atoms with van der Waals surface area (Å²) in [7, 11) is 0. The van der Waals surface area contributed by atoms with Gasteiger partial charge in [-0.25, -0.2) is 0 Å². The van der Waals surface area contributed by atoms with E-state index in [0.717, 1.165) is 30.7 Å². The zero-order valence-electron chi connectivity index (χ0n) is 24.6. The number of nitrogens with one attached hydrogen (secondary N) is 1. The summed E-state index contributed by atoms with van der Waals surface area (Å²) in [5.74, 6) is -2.61. The van der Waals surface area contributed by atoms with Gasteiger partial charge in [0.05, 0.1) is 0 Å². The highest BCUT2D eigenvalue weighted by molar-refractivity contribution is 5.68. The number of carbonyl (C=O) groups excluding carboxylic acids is 4. The van der Waals surface area contributed by atoms with Gasteiger partial charge in [-0.2, -0.15) is 0 Å². The summed E-state index contributed by atoms with van der Waals surface area (Å²) < 4.78 is 33.7. The molecule has 12 nitrogen and oxygen atoms in total. The molecule has 3 rings (SSSR count). The Morgan fingerprint density at radius 2 is 1.41 bits per heavy atom. The number of esters is 4. The van der Waals surface area contributed by atoms with Gasteiger partial charge in [0, 0.05) is 45.4 Å². The molecular weight excluding hydrogens is 536 g/mol. The number of nitrogens with zero attached hydrogens (tertiary/aromatic N) is 1. The number of benzene rings is 1. The Balaban J connectivity index is 1.97. The minimum atomic E-state index is -1.37. The standard InChI is InChI=1S/C29H38N2O10/c1-15-22(13-20-9-11-21(12-10-20)29(6,7)8)27(31-30-15)41-28-26(39-19(5)35)25(38-18(4)34)24(37-17(3)33)23(40-28)14-36-16(2)32/h9-12,23-26,28H,13-14H2,1-8H3,(H,30,31)/t23-,24-,25+,26-,28?/m1/s1. The number of hydrogen-bond acceptors (Lipinski definition) is 11. The van der Waals surface area contributed by atoms with Crippen LogP contribution in [0.3, 0.4) is 0 Å². The first kappa shape index (κ1) is 31.6. The highest BCUT2D eigenvalue weighted by Gasteiger charge is 2.53. The number of rotatable bonds is 9. The maximum atomic E-state index is 12.1. The van der Waals surface area contributed by atoms with Crippen LogP contribution >= 0.6 is 0 Å². The van der Waals surface area contributed by atoms with Crippen molar-refractivity contribution in [3.63, 3.8) is 0 Å². The first-order valence-corrected chi connectivity index (χ1v) is 13.3. The van der Waals surface area contributed by atoms with Crippen molar-refractivity contribution in [1.29, 1.82) is 0 Å². The minimum absolute atomic E-state index is 0.00743. The lowest BCUT2D eigenvalue weighted by molar-refractivity contribution is -0.289. The lowest BCUT2D eigenvalue weighted by Gasteiger charge is -2.43. The predicted octanol–water partition coefficient (Wildman–Crippen LogP) is 3.07. The first-order valence-electron chi connectivity index (χ1n) is 13.3. The molecule has 1 N–H and O–H groups in total. The molecule has 1 unspecified atom stereocenters. The third-order valence-electron chi connectivity index (χ3n) is 6.41. The van der Waals surface area contributed by atoms with Gasteiger partial charge in [-0.1, -0.05) is 45.0 Å². The van der Waals surface area contributed by atoms with E-state index in [2.05, 4.69) is 43.1 Å². The van der Waals surface area contributed by atoms with Crippen LogP contribution in [0.15, 0.2) is 24.3 Å². The summed E-state index contributed by atoms with van der Waals surface area (Å²) in [6, 6.07) is 8.21. The smallest absolute Gasteiger partial charge is 0.303 e. The molecule has 0 aliphatic carbocycles. The lowest BCUT2D eigenvalue weighted by Crippen LogP contribution is -2.63. The quantitative estimate of drug-likeness (QED) is 0.347. The van der Waals surface area contributed by atoms with Crippen molar-refractivity contribution in [3.05, 3.63) is 46.6 Å². The average Bonchev–Trinajstić information content (AvgIpc) is 3.19. The van der Waals surface area contributed by atoms with Crippen LogP contribution in [0.4, 0.5) is 0 Å². The van der Waals surface area contributed by atoms with Gasteiger partial charge in [-0.3, -0.25) is 24.3 Å². The van der Waals surface area contributed by atoms with Crippen LogP contribution in [0.25, 0.3) is 0 Å². The van der Waals surface area contributed by atoms with Gasteiger partial charge in [0.1, 0.15) is 12.7 Å². The highest BCUT2D eigenvalue weighted by Crippen LogP contribution is 2.33. The van der Waals surface area contributed by atoms with Crippen molar-refractivity contribution in [2.24, 2.45) is 0 Å². The summed E-state index contributed by atoms with van der Waals surface area (Å²) in [4.78, 5) is 47.7. The van der Waals surface area contributed by atoms with Crippen molar-refractivity contribution in [2.75, 3.05) is 6.61 Å². The van der Waals surface area contributed by atoms with Crippen molar-refractivity contribution < 1.29 is 47.6 Å². The number of aromatic nitrogens is 2. The van der Waals surface area contributed by atoms with Crippen LogP contribution in [0.1, 0.15) is 70.9 Å². The van der Waals surface area contributed by atoms with Gasteiger partial charge in [0.15, 0.2) is 12.2 Å². The minimum Gasteiger partial charge on any atom is -0.463 e. The van der Waals surface area contributed by atoms with E-state index in [-0.39, 0.29) is 17.9 Å². The molecule has 224 valence electrons. The average molecular weight is 575 g/mol. The number of aromatic amines is 1. The number of aryl methyl sites for hydroxylation is 1. The summed E-state index contributed by atoms with van der Waals surface area (Å²) in [6.07, 6.45) is -6.01. The molecule has 1 aliphatic rings. The molecule has 2 aromatic rings. The zero-order valence-corrected chi connectivity index (χ0v) is 24.6. The summed E-state index contributed by atoms with van der Waals surface area (Å²) in [5, 5.41) is 7.19. The van der Waals surface area contributed by atoms with Crippen LogP contribution < -0.4 is 4.74 Å². The first-order chi connectivity index (χ1) is 19.1. The van der Waals surface area contributed by atoms with Crippen molar-refractivity contribution in [3.8, 4) is 5.88 Å². The molecule has 0 radical (unpaired) electrons. The van der Waals surface area contributed by atoms with Gasteiger partial charge in [0.25, 0.3) is 0 Å². The van der Waals surface area contributed by atoms with Crippen LogP contribution in [0.5, 0.6) is 5.88 Å². The van der Waals surface area contributed by atoms with E-state index in [0.29, 0.717) is 6.42 Å². The molecule has 1 aromatic carbocycles. The monoisotopic (exact) mass is 574 g/mol. The van der Waals surface area contributed by atoms with Gasteiger partial charge >= 0.3 is 23.9 Å². The zero-order chi connectivity index (χ0) is 30.5. The molecular formula is C29H38N2O10. The Bertz CT molecular complexity index is 1250. The number of carbonyl (C=O) groups is 4. The molecule has 0 bridgehead atoms. The molecule has 1 aromatic heterocycles. The molecule has 0 spiro atoms. The summed E-state index contributed by atoms with van der Waals surface area (Å²) in [5.41, 5.74) is 3.67. The maximum absolute atomic E-state index is 12.1. The van der Waals surface area contributed by atoms with Crippen molar-refractivity contribution in [1.82, 2.24) is 10.2 Å². The van der Waals surface area contributed by atoms with Crippen LogP contribution in [0.2, 0.25) is 0 Å². The molecule has 41 heavy (non-hydrogen) atoms. The third-order valence-corrected chi connectivity index (χ3v) is 6.41. The number of hydrogen-bond donors (Lipinski definition) is 1. The Morgan fingerprint density at radius 1 is 0.854 bits per heavy atom. The fourth-order valence-corrected chi connectivity index (χ4v) is 4.46. The number of ether oxygens (including phenoxy) is 6. The van der Waals surface area contributed by atoms with E-state index >= 15 is 0 Å². The Morgan fingerprint density at radius 3 is 1.95 bits per heavy atom. The van der Waals surface area contributed by atoms with Crippen LogP contribution in [-0.4, -0.2) is 71.4 Å². The Labute approximate surface area is 239 Å². The van der Waals surface area contributed by atoms with E-state index in [4.69, 9.17) is 28.4 Å². The second-order valence-corrected chi connectivity index (χ2v) is 10.9. The fraction of sp³-hybridized carbons (Fsp3) is 0.552. The van der Waals surface area contributed by atoms with E-state index in [1.807, 2.05) is 19.1 Å². The molecule has 5 atom stereocenters. The lowest BCUT2D eigenvalue weighted by atomic mass is 9.86. The molecule has 1 fully saturated rings. The topological polar surface area (TPSA) is 152 Å². The van der Waals surface area contributed by atoms with E-state index < -0.39 is 54.6 Å². The second kappa shape index (κ2) is 13.2. The van der Waals surface area contributed by atoms with Crippen LogP contribution in [-0.2, 0) is 54.7 Å². The van der Waals surface area contributed by atoms with Crippen molar-refractivity contribution >= 4 is 23.9 Å². The van der Waals surface area contributed by atoms with E-state index in [9.17, 15) is 19.2 Å². The molecule has 2 heterocycles. The predicted molar refractivity (Wildman–Crippen MR) is 144 cm³/mol. The van der Waals surface area contributed by atoms with Crippen molar-refractivity contribution in [2.45, 2.75) is 97.9 Å². The second-order valence-electron chi connectivity index (χ2n) is 10.9. The maximum Gasteiger partial charge on any atom is 0.303 e. The van der Waals surface area contributed by atoms with Gasteiger partial charge in [-0.05, 0) is 23.5 Å². The summed E-state index contributed by atoms with van der Waals surface area (Å²) >= 11 is 0. The van der Waals surface area contributed by atoms with E-state index in [1.54, 1.807) is 0 Å². The normalized spacial score (nSPS) is 22.4. The van der Waals surface area contributed by atoms with Gasteiger partial charge < -0.3 is 28.4 Å². The fourth-order valence-electron chi connectivity index (χ4n) is 4.46. The SMILES string of the molecule is CC(=O)OC[C@H]1OC(Oc2n[nH]c(C)c2Cc2ccc(C(C)(C)C)cc2)[C@H](OC(C)=O)[C@@H](OC(C)=O)[C@@H]1OC(C)=O. The van der Waals surface area contributed by atoms with Gasteiger partial charge in [0.2, 0.25) is 18.3 Å². The number of H-pyrrole nitrogens is 1. The molecule has 0 saturated carbocycles. The molecule has 1 aliphatic heterocycles. The molecule has 12 heteroatoms. The molecule has 0 amide bonds. The molecule has 1 saturated heterocycles.